The topological polar surface area (TPSA) is 66.5 Å². The molecule has 6 heteroatoms. The Morgan fingerprint density at radius 1 is 0.905 bits per heavy atom. The van der Waals surface area contributed by atoms with Crippen LogP contribution in [-0.4, -0.2) is 22.7 Å². The zero-order valence-electron chi connectivity index (χ0n) is 10.7. The van der Waals surface area contributed by atoms with E-state index < -0.39 is 17.7 Å². The SMILES string of the molecule is O=C(NN1C(=O)c2ccccc2C1=O)c1ccc(Cl)cc1. The Hall–Kier alpha value is -2.66. The second kappa shape index (κ2) is 5.03. The molecule has 1 N–H and O–H groups in total. The van der Waals surface area contributed by atoms with Gasteiger partial charge in [0.2, 0.25) is 0 Å². The van der Waals surface area contributed by atoms with Crippen molar-refractivity contribution in [1.82, 2.24) is 10.4 Å². The van der Waals surface area contributed by atoms with E-state index in [9.17, 15) is 14.4 Å². The van der Waals surface area contributed by atoms with Gasteiger partial charge in [-0.05, 0) is 36.4 Å². The molecule has 2 aromatic rings. The molecule has 0 bridgehead atoms. The molecule has 104 valence electrons. The van der Waals surface area contributed by atoms with Gasteiger partial charge in [-0.15, -0.1) is 0 Å². The number of benzene rings is 2. The molecule has 1 heterocycles. The molecule has 0 saturated heterocycles. The number of rotatable bonds is 2. The minimum atomic E-state index is -0.554. The number of nitrogens with one attached hydrogen (secondary N) is 1. The van der Waals surface area contributed by atoms with E-state index in [-0.39, 0.29) is 11.1 Å². The zero-order chi connectivity index (χ0) is 15.0. The van der Waals surface area contributed by atoms with Gasteiger partial charge in [-0.2, -0.15) is 5.01 Å². The lowest BCUT2D eigenvalue weighted by molar-refractivity contribution is 0.0518. The smallest absolute Gasteiger partial charge is 0.267 e. The number of carbonyl (C=O) groups is 3. The first-order chi connectivity index (χ1) is 10.1. The van der Waals surface area contributed by atoms with Crippen LogP contribution in [0.3, 0.4) is 0 Å². The van der Waals surface area contributed by atoms with Crippen LogP contribution >= 0.6 is 11.6 Å². The van der Waals surface area contributed by atoms with Gasteiger partial charge >= 0.3 is 0 Å². The van der Waals surface area contributed by atoms with E-state index in [0.29, 0.717) is 10.6 Å². The number of hydrogen-bond donors (Lipinski definition) is 1. The second-order valence-corrected chi connectivity index (χ2v) is 4.88. The summed E-state index contributed by atoms with van der Waals surface area (Å²) in [6.07, 6.45) is 0. The number of imide groups is 1. The lowest BCUT2D eigenvalue weighted by Crippen LogP contribution is -2.45. The molecular formula is C15H9ClN2O3. The van der Waals surface area contributed by atoms with Gasteiger partial charge in [0.05, 0.1) is 11.1 Å². The minimum absolute atomic E-state index is 0.277. The van der Waals surface area contributed by atoms with Crippen molar-refractivity contribution in [1.29, 1.82) is 0 Å². The standard InChI is InChI=1S/C15H9ClN2O3/c16-10-7-5-9(6-8-10)13(19)17-18-14(20)11-3-1-2-4-12(11)15(18)21/h1-8H,(H,17,19). The quantitative estimate of drug-likeness (QED) is 0.865. The van der Waals surface area contributed by atoms with Gasteiger partial charge in [0, 0.05) is 10.6 Å². The van der Waals surface area contributed by atoms with Crippen LogP contribution in [0.4, 0.5) is 0 Å². The van der Waals surface area contributed by atoms with Crippen LogP contribution in [0.15, 0.2) is 48.5 Å². The Balaban J connectivity index is 1.84. The van der Waals surface area contributed by atoms with Gasteiger partial charge in [0.15, 0.2) is 0 Å². The van der Waals surface area contributed by atoms with E-state index in [4.69, 9.17) is 11.6 Å². The van der Waals surface area contributed by atoms with E-state index in [0.717, 1.165) is 5.01 Å². The van der Waals surface area contributed by atoms with Crippen LogP contribution in [0.1, 0.15) is 31.1 Å². The van der Waals surface area contributed by atoms with Crippen LogP contribution in [0.5, 0.6) is 0 Å². The highest BCUT2D eigenvalue weighted by atomic mass is 35.5. The number of hydrazine groups is 1. The first kappa shape index (κ1) is 13.3. The summed E-state index contributed by atoms with van der Waals surface area (Å²) in [5.41, 5.74) is 3.17. The number of halogens is 1. The molecule has 2 aromatic carbocycles. The van der Waals surface area contributed by atoms with Crippen molar-refractivity contribution in [3.8, 4) is 0 Å². The fourth-order valence-electron chi connectivity index (χ4n) is 2.06. The molecule has 0 unspecified atom stereocenters. The maximum Gasteiger partial charge on any atom is 0.280 e. The lowest BCUT2D eigenvalue weighted by Gasteiger charge is -2.14. The molecule has 1 aliphatic rings. The Bertz CT molecular complexity index is 721. The maximum atomic E-state index is 12.1. The fraction of sp³-hybridized carbons (Fsp3) is 0. The Morgan fingerprint density at radius 2 is 1.43 bits per heavy atom. The van der Waals surface area contributed by atoms with Crippen LogP contribution in [-0.2, 0) is 0 Å². The molecule has 0 saturated carbocycles. The third kappa shape index (κ3) is 2.28. The third-order valence-corrected chi connectivity index (χ3v) is 3.37. The van der Waals surface area contributed by atoms with Gasteiger partial charge in [-0.1, -0.05) is 23.7 Å². The molecule has 0 radical (unpaired) electrons. The van der Waals surface area contributed by atoms with Crippen LogP contribution in [0.2, 0.25) is 5.02 Å². The maximum absolute atomic E-state index is 12.1. The Labute approximate surface area is 125 Å². The second-order valence-electron chi connectivity index (χ2n) is 4.44. The fourth-order valence-corrected chi connectivity index (χ4v) is 2.18. The number of amides is 3. The zero-order valence-corrected chi connectivity index (χ0v) is 11.4. The number of hydrogen-bond acceptors (Lipinski definition) is 3. The largest absolute Gasteiger partial charge is 0.280 e. The summed E-state index contributed by atoms with van der Waals surface area (Å²) in [4.78, 5) is 36.2. The van der Waals surface area contributed by atoms with Gasteiger partial charge in [0.1, 0.15) is 0 Å². The molecule has 3 rings (SSSR count). The minimum Gasteiger partial charge on any atom is -0.267 e. The molecule has 0 spiro atoms. The summed E-state index contributed by atoms with van der Waals surface area (Å²) < 4.78 is 0. The highest BCUT2D eigenvalue weighted by molar-refractivity contribution is 6.30. The van der Waals surface area contributed by atoms with Gasteiger partial charge < -0.3 is 0 Å². The Kier molecular flexibility index (Phi) is 3.19. The van der Waals surface area contributed by atoms with Crippen molar-refractivity contribution >= 4 is 29.3 Å². The van der Waals surface area contributed by atoms with Crippen molar-refractivity contribution < 1.29 is 14.4 Å². The molecule has 5 nitrogen and oxygen atoms in total. The van der Waals surface area contributed by atoms with Crippen LogP contribution in [0, 0.1) is 0 Å². The monoisotopic (exact) mass is 300 g/mol. The van der Waals surface area contributed by atoms with Gasteiger partial charge in [0.25, 0.3) is 17.7 Å². The highest BCUT2D eigenvalue weighted by Crippen LogP contribution is 2.21. The van der Waals surface area contributed by atoms with Crippen LogP contribution in [0.25, 0.3) is 0 Å². The van der Waals surface area contributed by atoms with E-state index >= 15 is 0 Å². The lowest BCUT2D eigenvalue weighted by atomic mass is 10.1. The van der Waals surface area contributed by atoms with E-state index in [2.05, 4.69) is 5.43 Å². The summed E-state index contributed by atoms with van der Waals surface area (Å²) in [5.74, 6) is -1.64. The number of fused-ring (bicyclic) bond motifs is 1. The normalized spacial score (nSPS) is 13.3. The van der Waals surface area contributed by atoms with Crippen molar-refractivity contribution in [2.24, 2.45) is 0 Å². The molecule has 0 fully saturated rings. The number of carbonyl (C=O) groups excluding carboxylic acids is 3. The first-order valence-corrected chi connectivity index (χ1v) is 6.50. The summed E-state index contributed by atoms with van der Waals surface area (Å²) >= 11 is 5.74. The number of nitrogens with zero attached hydrogens (tertiary/aromatic N) is 1. The molecule has 3 amide bonds. The predicted molar refractivity (Wildman–Crippen MR) is 75.9 cm³/mol. The summed E-state index contributed by atoms with van der Waals surface area (Å²) in [5, 5.41) is 1.22. The summed E-state index contributed by atoms with van der Waals surface area (Å²) in [7, 11) is 0. The van der Waals surface area contributed by atoms with Crippen molar-refractivity contribution in [2.75, 3.05) is 0 Å². The molecular weight excluding hydrogens is 292 g/mol. The molecule has 21 heavy (non-hydrogen) atoms. The average Bonchev–Trinajstić information content (AvgIpc) is 2.73. The molecule has 0 atom stereocenters. The average molecular weight is 301 g/mol. The van der Waals surface area contributed by atoms with Crippen LogP contribution < -0.4 is 5.43 Å². The van der Waals surface area contributed by atoms with E-state index in [1.807, 2.05) is 0 Å². The predicted octanol–water partition coefficient (Wildman–Crippen LogP) is 2.28. The van der Waals surface area contributed by atoms with Gasteiger partial charge in [-0.3, -0.25) is 19.8 Å². The molecule has 1 aliphatic heterocycles. The van der Waals surface area contributed by atoms with E-state index in [1.54, 1.807) is 36.4 Å². The first-order valence-electron chi connectivity index (χ1n) is 6.12. The molecule has 0 aliphatic carbocycles. The van der Waals surface area contributed by atoms with E-state index in [1.165, 1.54) is 12.1 Å². The van der Waals surface area contributed by atoms with Gasteiger partial charge in [-0.25, -0.2) is 0 Å². The highest BCUT2D eigenvalue weighted by Gasteiger charge is 2.36. The third-order valence-electron chi connectivity index (χ3n) is 3.11. The molecule has 0 aromatic heterocycles. The summed E-state index contributed by atoms with van der Waals surface area (Å²) in [6, 6.07) is 12.5. The van der Waals surface area contributed by atoms with Crippen molar-refractivity contribution in [2.45, 2.75) is 0 Å². The van der Waals surface area contributed by atoms with Crippen molar-refractivity contribution in [3.63, 3.8) is 0 Å². The summed E-state index contributed by atoms with van der Waals surface area (Å²) in [6.45, 7) is 0. The van der Waals surface area contributed by atoms with Crippen molar-refractivity contribution in [3.05, 3.63) is 70.2 Å². The Morgan fingerprint density at radius 3 is 1.95 bits per heavy atom.